The van der Waals surface area contributed by atoms with Crippen LogP contribution in [0.25, 0.3) is 22.6 Å². The van der Waals surface area contributed by atoms with Gasteiger partial charge in [0.05, 0.1) is 11.4 Å². The molecule has 0 amide bonds. The smallest absolute Gasteiger partial charge is 0.482 e. The molecule has 0 aliphatic carbocycles. The quantitative estimate of drug-likeness (QED) is 0.347. The van der Waals surface area contributed by atoms with E-state index in [0.717, 1.165) is 40.5 Å². The van der Waals surface area contributed by atoms with Crippen molar-refractivity contribution in [2.45, 2.75) is 6.42 Å². The second kappa shape index (κ2) is 8.69. The summed E-state index contributed by atoms with van der Waals surface area (Å²) >= 11 is 2.43. The molecule has 5 aromatic rings. The Hall–Kier alpha value is -3.52. The summed E-state index contributed by atoms with van der Waals surface area (Å²) in [6.07, 6.45) is 4.47. The van der Waals surface area contributed by atoms with Crippen molar-refractivity contribution < 1.29 is 3.79 Å². The lowest BCUT2D eigenvalue weighted by Gasteiger charge is -2.15. The first-order valence-electron chi connectivity index (χ1n) is 10.2. The SMILES string of the molecule is [Al][O]c1c(-n2cccn2)c(-c2ccccc2)n(-c2ccccc2)c1Cc1ccccc1. The molecule has 2 aromatic heterocycles. The number of benzene rings is 3. The van der Waals surface area contributed by atoms with E-state index in [1.807, 2.05) is 35.1 Å². The number of aromatic nitrogens is 3. The summed E-state index contributed by atoms with van der Waals surface area (Å²) in [5, 5.41) is 4.55. The molecule has 31 heavy (non-hydrogen) atoms. The lowest BCUT2D eigenvalue weighted by molar-refractivity contribution is 0.597. The van der Waals surface area contributed by atoms with Gasteiger partial charge in [-0.15, -0.1) is 0 Å². The Morgan fingerprint density at radius 1 is 0.774 bits per heavy atom. The van der Waals surface area contributed by atoms with Crippen LogP contribution in [0.3, 0.4) is 0 Å². The first kappa shape index (κ1) is 19.4. The summed E-state index contributed by atoms with van der Waals surface area (Å²) in [6, 6.07) is 33.2. The highest BCUT2D eigenvalue weighted by Gasteiger charge is 2.26. The Morgan fingerprint density at radius 2 is 1.42 bits per heavy atom. The van der Waals surface area contributed by atoms with Gasteiger partial charge in [-0.25, -0.2) is 4.68 Å². The molecule has 5 heteroatoms. The number of hydrogen-bond acceptors (Lipinski definition) is 2. The standard InChI is InChI=1S/C26H21N3O.Al/c30-26-23(19-20-11-4-1-5-12-20)29(22-15-8-3-9-16-22)24(21-13-6-2-7-14-21)25(26)28-18-10-17-27-28;/h1-18,30H,19H2;/q;+1/p-1. The summed E-state index contributed by atoms with van der Waals surface area (Å²) in [5.41, 5.74) is 6.41. The zero-order valence-electron chi connectivity index (χ0n) is 16.9. The van der Waals surface area contributed by atoms with Crippen molar-refractivity contribution in [3.63, 3.8) is 0 Å². The Labute approximate surface area is 190 Å². The van der Waals surface area contributed by atoms with Gasteiger partial charge in [-0.1, -0.05) is 78.9 Å². The van der Waals surface area contributed by atoms with Crippen molar-refractivity contribution in [3.8, 4) is 28.4 Å². The van der Waals surface area contributed by atoms with Gasteiger partial charge in [-0.3, -0.25) is 0 Å². The molecule has 0 atom stereocenters. The average Bonchev–Trinajstić information content (AvgIpc) is 3.47. The van der Waals surface area contributed by atoms with Crippen LogP contribution in [-0.4, -0.2) is 31.0 Å². The maximum Gasteiger partial charge on any atom is 0.482 e. The van der Waals surface area contributed by atoms with Gasteiger partial charge in [0.15, 0.2) is 0 Å². The second-order valence-electron chi connectivity index (χ2n) is 7.24. The first-order chi connectivity index (χ1) is 15.4. The van der Waals surface area contributed by atoms with Crippen LogP contribution < -0.4 is 3.79 Å². The lowest BCUT2D eigenvalue weighted by atomic mass is 10.1. The molecule has 0 saturated carbocycles. The third kappa shape index (κ3) is 3.70. The van der Waals surface area contributed by atoms with Crippen LogP contribution in [0.1, 0.15) is 11.3 Å². The number of rotatable bonds is 6. The van der Waals surface area contributed by atoms with Gasteiger partial charge in [0, 0.05) is 30.1 Å². The topological polar surface area (TPSA) is 32.0 Å². The molecule has 3 aromatic carbocycles. The summed E-state index contributed by atoms with van der Waals surface area (Å²) in [4.78, 5) is 0. The zero-order valence-corrected chi connectivity index (χ0v) is 18.1. The highest BCUT2D eigenvalue weighted by Crippen LogP contribution is 2.42. The van der Waals surface area contributed by atoms with Crippen molar-refractivity contribution >= 4 is 16.6 Å². The van der Waals surface area contributed by atoms with E-state index in [9.17, 15) is 0 Å². The molecule has 5 rings (SSSR count). The van der Waals surface area contributed by atoms with Crippen LogP contribution in [0.5, 0.6) is 5.75 Å². The molecule has 0 aliphatic heterocycles. The largest absolute Gasteiger partial charge is 0.651 e. The Balaban J connectivity index is 1.87. The highest BCUT2D eigenvalue weighted by atomic mass is 27.1. The molecule has 2 radical (unpaired) electrons. The minimum Gasteiger partial charge on any atom is -0.651 e. The van der Waals surface area contributed by atoms with E-state index >= 15 is 0 Å². The molecule has 4 nitrogen and oxygen atoms in total. The van der Waals surface area contributed by atoms with Crippen molar-refractivity contribution in [1.82, 2.24) is 14.3 Å². The second-order valence-corrected chi connectivity index (χ2v) is 7.48. The maximum atomic E-state index is 5.97. The molecule has 0 aliphatic rings. The molecule has 0 N–H and O–H groups in total. The summed E-state index contributed by atoms with van der Waals surface area (Å²) in [6.45, 7) is 0. The Morgan fingerprint density at radius 3 is 2.03 bits per heavy atom. The average molecular weight is 417 g/mol. The van der Waals surface area contributed by atoms with Crippen LogP contribution in [0.15, 0.2) is 109 Å². The molecule has 0 unspecified atom stereocenters. The van der Waals surface area contributed by atoms with Gasteiger partial charge in [0.25, 0.3) is 0 Å². The van der Waals surface area contributed by atoms with Crippen molar-refractivity contribution in [1.29, 1.82) is 0 Å². The van der Waals surface area contributed by atoms with E-state index in [-0.39, 0.29) is 0 Å². The van der Waals surface area contributed by atoms with E-state index in [0.29, 0.717) is 0 Å². The predicted molar refractivity (Wildman–Crippen MR) is 124 cm³/mol. The minimum absolute atomic E-state index is 0.723. The Kier molecular flexibility index (Phi) is 5.45. The van der Waals surface area contributed by atoms with Crippen molar-refractivity contribution in [3.05, 3.63) is 121 Å². The van der Waals surface area contributed by atoms with E-state index < -0.39 is 0 Å². The maximum absolute atomic E-state index is 5.97. The van der Waals surface area contributed by atoms with Gasteiger partial charge in [-0.2, -0.15) is 5.10 Å². The monoisotopic (exact) mass is 417 g/mol. The van der Waals surface area contributed by atoms with Crippen molar-refractivity contribution in [2.24, 2.45) is 0 Å². The predicted octanol–water partition coefficient (Wildman–Crippen LogP) is 5.38. The van der Waals surface area contributed by atoms with Gasteiger partial charge in [-0.05, 0) is 23.8 Å². The van der Waals surface area contributed by atoms with Crippen LogP contribution in [0.2, 0.25) is 0 Å². The molecule has 148 valence electrons. The third-order valence-corrected chi connectivity index (χ3v) is 5.56. The van der Waals surface area contributed by atoms with E-state index in [4.69, 9.17) is 3.79 Å². The highest BCUT2D eigenvalue weighted by molar-refractivity contribution is 6.01. The van der Waals surface area contributed by atoms with Crippen LogP contribution in [0.4, 0.5) is 0 Å². The normalized spacial score (nSPS) is 10.8. The first-order valence-corrected chi connectivity index (χ1v) is 10.6. The van der Waals surface area contributed by atoms with E-state index in [2.05, 4.69) is 99.1 Å². The van der Waals surface area contributed by atoms with E-state index in [1.165, 1.54) is 5.56 Å². The van der Waals surface area contributed by atoms with Gasteiger partial charge >= 0.3 is 16.6 Å². The zero-order chi connectivity index (χ0) is 21.0. The molecule has 2 heterocycles. The molecule has 0 spiro atoms. The van der Waals surface area contributed by atoms with Crippen molar-refractivity contribution in [2.75, 3.05) is 0 Å². The summed E-state index contributed by atoms with van der Waals surface area (Å²) < 4.78 is 10.1. The molecular formula is C26H20AlN3O. The fourth-order valence-electron chi connectivity index (χ4n) is 4.00. The molecule has 0 saturated heterocycles. The minimum atomic E-state index is 0.723. The summed E-state index contributed by atoms with van der Waals surface area (Å²) in [7, 11) is 0. The fourth-order valence-corrected chi connectivity index (χ4v) is 4.24. The lowest BCUT2D eigenvalue weighted by Crippen LogP contribution is -2.04. The summed E-state index contributed by atoms with van der Waals surface area (Å²) in [5.74, 6) is 0.792. The van der Waals surface area contributed by atoms with Gasteiger partial charge < -0.3 is 8.36 Å². The van der Waals surface area contributed by atoms with Crippen LogP contribution in [0, 0.1) is 0 Å². The van der Waals surface area contributed by atoms with Gasteiger partial charge in [0.1, 0.15) is 11.4 Å². The Bertz CT molecular complexity index is 1270. The number of nitrogens with zero attached hydrogens (tertiary/aromatic N) is 3. The molecule has 0 bridgehead atoms. The van der Waals surface area contributed by atoms with Gasteiger partial charge in [0.2, 0.25) is 0 Å². The van der Waals surface area contributed by atoms with Crippen LogP contribution in [-0.2, 0) is 6.42 Å². The number of hydrogen-bond donors (Lipinski definition) is 0. The number of para-hydroxylation sites is 1. The molecule has 0 fully saturated rings. The fraction of sp³-hybridized carbons (Fsp3) is 0.0385. The molecular weight excluding hydrogens is 397 g/mol. The third-order valence-electron chi connectivity index (χ3n) is 5.32. The van der Waals surface area contributed by atoms with E-state index in [1.54, 1.807) is 6.20 Å². The van der Waals surface area contributed by atoms with Crippen LogP contribution >= 0.6 is 0 Å².